The van der Waals surface area contributed by atoms with Gasteiger partial charge in [0.2, 0.25) is 0 Å². The molecule has 1 unspecified atom stereocenters. The van der Waals surface area contributed by atoms with Gasteiger partial charge in [-0.15, -0.1) is 11.8 Å². The molecule has 1 aromatic heterocycles. The molecule has 4 heteroatoms. The van der Waals surface area contributed by atoms with Crippen molar-refractivity contribution in [1.29, 1.82) is 0 Å². The highest BCUT2D eigenvalue weighted by atomic mass is 32.2. The van der Waals surface area contributed by atoms with Gasteiger partial charge in [0.15, 0.2) is 0 Å². The number of rotatable bonds is 5. The Kier molecular flexibility index (Phi) is 3.29. The smallest absolute Gasteiger partial charge is 0.0960 e. The molecule has 1 atom stereocenters. The van der Waals surface area contributed by atoms with Crippen LogP contribution in [0.3, 0.4) is 0 Å². The van der Waals surface area contributed by atoms with E-state index in [1.807, 2.05) is 18.2 Å². The Morgan fingerprint density at radius 2 is 2.33 bits per heavy atom. The van der Waals surface area contributed by atoms with Crippen LogP contribution in [0.1, 0.15) is 12.8 Å². The second-order valence-corrected chi connectivity index (χ2v) is 5.12. The fraction of sp³-hybridized carbons (Fsp3) is 0.545. The molecule has 0 radical (unpaired) electrons. The summed E-state index contributed by atoms with van der Waals surface area (Å²) in [4.78, 5) is 4.22. The van der Waals surface area contributed by atoms with Crippen molar-refractivity contribution < 1.29 is 5.11 Å². The minimum Gasteiger partial charge on any atom is -0.394 e. The average molecular weight is 224 g/mol. The standard InChI is InChI=1S/C11H16N2OS/c12-11(7-14,9-4-5-9)8-15-10-3-1-2-6-13-10/h1-3,6,9,14H,4-5,7-8,12H2. The normalized spacial score (nSPS) is 19.9. The lowest BCUT2D eigenvalue weighted by Gasteiger charge is -2.26. The molecule has 0 aromatic carbocycles. The SMILES string of the molecule is NC(CO)(CSc1ccccn1)C1CC1. The van der Waals surface area contributed by atoms with E-state index in [1.54, 1.807) is 18.0 Å². The molecule has 2 rings (SSSR count). The summed E-state index contributed by atoms with van der Waals surface area (Å²) in [5.41, 5.74) is 5.74. The van der Waals surface area contributed by atoms with Crippen LogP contribution in [0.5, 0.6) is 0 Å². The second-order valence-electron chi connectivity index (χ2n) is 4.12. The zero-order valence-electron chi connectivity index (χ0n) is 8.60. The number of aliphatic hydroxyl groups is 1. The van der Waals surface area contributed by atoms with Gasteiger partial charge in [0.05, 0.1) is 17.2 Å². The first kappa shape index (κ1) is 10.9. The molecule has 1 aromatic rings. The van der Waals surface area contributed by atoms with Crippen molar-refractivity contribution in [2.45, 2.75) is 23.4 Å². The first-order valence-electron chi connectivity index (χ1n) is 5.18. The zero-order chi connectivity index (χ0) is 10.7. The van der Waals surface area contributed by atoms with Crippen LogP contribution in [-0.4, -0.2) is 28.0 Å². The molecule has 15 heavy (non-hydrogen) atoms. The fourth-order valence-corrected chi connectivity index (χ4v) is 2.65. The van der Waals surface area contributed by atoms with Gasteiger partial charge >= 0.3 is 0 Å². The van der Waals surface area contributed by atoms with E-state index in [2.05, 4.69) is 4.98 Å². The molecule has 0 spiro atoms. The Labute approximate surface area is 94.1 Å². The fourth-order valence-electron chi connectivity index (χ4n) is 1.59. The summed E-state index contributed by atoms with van der Waals surface area (Å²) in [6.45, 7) is 0.0670. The summed E-state index contributed by atoms with van der Waals surface area (Å²) in [5, 5.41) is 10.3. The quantitative estimate of drug-likeness (QED) is 0.740. The summed E-state index contributed by atoms with van der Waals surface area (Å²) >= 11 is 1.62. The number of aliphatic hydroxyl groups excluding tert-OH is 1. The Morgan fingerprint density at radius 1 is 1.53 bits per heavy atom. The van der Waals surface area contributed by atoms with E-state index in [1.165, 1.54) is 0 Å². The third kappa shape index (κ3) is 2.71. The number of thioether (sulfide) groups is 1. The summed E-state index contributed by atoms with van der Waals surface area (Å²) < 4.78 is 0. The van der Waals surface area contributed by atoms with Gasteiger partial charge in [0.1, 0.15) is 0 Å². The van der Waals surface area contributed by atoms with Crippen molar-refractivity contribution in [2.75, 3.05) is 12.4 Å². The molecule has 0 bridgehead atoms. The lowest BCUT2D eigenvalue weighted by atomic mass is 9.99. The van der Waals surface area contributed by atoms with Crippen molar-refractivity contribution >= 4 is 11.8 Å². The molecule has 82 valence electrons. The van der Waals surface area contributed by atoms with E-state index in [9.17, 15) is 5.11 Å². The van der Waals surface area contributed by atoms with Gasteiger partial charge in [-0.1, -0.05) is 6.07 Å². The van der Waals surface area contributed by atoms with Crippen LogP contribution in [-0.2, 0) is 0 Å². The predicted molar refractivity (Wildman–Crippen MR) is 61.7 cm³/mol. The highest BCUT2D eigenvalue weighted by Gasteiger charge is 2.41. The average Bonchev–Trinajstić information content (AvgIpc) is 3.11. The first-order chi connectivity index (χ1) is 7.24. The maximum atomic E-state index is 9.31. The highest BCUT2D eigenvalue weighted by molar-refractivity contribution is 7.99. The molecule has 0 saturated heterocycles. The van der Waals surface area contributed by atoms with Crippen molar-refractivity contribution in [2.24, 2.45) is 11.7 Å². The maximum Gasteiger partial charge on any atom is 0.0960 e. The summed E-state index contributed by atoms with van der Waals surface area (Å²) in [6, 6.07) is 5.83. The van der Waals surface area contributed by atoms with Crippen LogP contribution >= 0.6 is 11.8 Å². The molecule has 1 heterocycles. The van der Waals surface area contributed by atoms with Crippen molar-refractivity contribution in [3.63, 3.8) is 0 Å². The van der Waals surface area contributed by atoms with Gasteiger partial charge in [0, 0.05) is 11.9 Å². The lowest BCUT2D eigenvalue weighted by molar-refractivity contribution is 0.194. The predicted octanol–water partition coefficient (Wildman–Crippen LogP) is 1.27. The van der Waals surface area contributed by atoms with Crippen molar-refractivity contribution in [3.05, 3.63) is 24.4 Å². The minimum atomic E-state index is -0.414. The Bertz CT molecular complexity index is 316. The Hall–Kier alpha value is -0.580. The van der Waals surface area contributed by atoms with Crippen LogP contribution in [0.25, 0.3) is 0 Å². The molecule has 3 nitrogen and oxygen atoms in total. The largest absolute Gasteiger partial charge is 0.394 e. The molecule has 1 saturated carbocycles. The molecule has 1 fully saturated rings. The van der Waals surface area contributed by atoms with E-state index in [-0.39, 0.29) is 6.61 Å². The summed E-state index contributed by atoms with van der Waals surface area (Å²) in [5.74, 6) is 1.24. The van der Waals surface area contributed by atoms with Crippen LogP contribution in [0.4, 0.5) is 0 Å². The van der Waals surface area contributed by atoms with Crippen LogP contribution in [0, 0.1) is 5.92 Å². The monoisotopic (exact) mass is 224 g/mol. The maximum absolute atomic E-state index is 9.31. The van der Waals surface area contributed by atoms with Crippen molar-refractivity contribution in [1.82, 2.24) is 4.98 Å². The summed E-state index contributed by atoms with van der Waals surface area (Å²) in [7, 11) is 0. The van der Waals surface area contributed by atoms with Gasteiger partial charge < -0.3 is 10.8 Å². The minimum absolute atomic E-state index is 0.0670. The second kappa shape index (κ2) is 4.51. The van der Waals surface area contributed by atoms with E-state index in [4.69, 9.17) is 5.73 Å². The molecule has 1 aliphatic rings. The van der Waals surface area contributed by atoms with Crippen LogP contribution in [0.2, 0.25) is 0 Å². The van der Waals surface area contributed by atoms with Gasteiger partial charge in [-0.25, -0.2) is 4.98 Å². The van der Waals surface area contributed by atoms with Crippen LogP contribution in [0.15, 0.2) is 29.4 Å². The van der Waals surface area contributed by atoms with Crippen LogP contribution < -0.4 is 5.73 Å². The third-order valence-electron chi connectivity index (χ3n) is 2.81. The third-order valence-corrected chi connectivity index (χ3v) is 4.03. The molecule has 3 N–H and O–H groups in total. The van der Waals surface area contributed by atoms with Gasteiger partial charge in [-0.3, -0.25) is 0 Å². The lowest BCUT2D eigenvalue weighted by Crippen LogP contribution is -2.48. The van der Waals surface area contributed by atoms with E-state index < -0.39 is 5.54 Å². The number of nitrogens with two attached hydrogens (primary N) is 1. The van der Waals surface area contributed by atoms with Gasteiger partial charge in [0.25, 0.3) is 0 Å². The Morgan fingerprint density at radius 3 is 2.87 bits per heavy atom. The first-order valence-corrected chi connectivity index (χ1v) is 6.17. The molecule has 0 amide bonds. The van der Waals surface area contributed by atoms with E-state index in [0.717, 1.165) is 23.6 Å². The number of aromatic nitrogens is 1. The van der Waals surface area contributed by atoms with Gasteiger partial charge in [-0.05, 0) is 30.9 Å². The molecular weight excluding hydrogens is 208 g/mol. The Balaban J connectivity index is 1.91. The number of nitrogens with zero attached hydrogens (tertiary/aromatic N) is 1. The zero-order valence-corrected chi connectivity index (χ0v) is 9.41. The molecule has 0 aliphatic heterocycles. The van der Waals surface area contributed by atoms with E-state index in [0.29, 0.717) is 5.92 Å². The molecule has 1 aliphatic carbocycles. The number of hydrogen-bond acceptors (Lipinski definition) is 4. The summed E-state index contributed by atoms with van der Waals surface area (Å²) in [6.07, 6.45) is 4.08. The number of pyridine rings is 1. The topological polar surface area (TPSA) is 59.1 Å². The molecular formula is C11H16N2OS. The van der Waals surface area contributed by atoms with E-state index >= 15 is 0 Å². The van der Waals surface area contributed by atoms with Crippen molar-refractivity contribution in [3.8, 4) is 0 Å². The van der Waals surface area contributed by atoms with Gasteiger partial charge in [-0.2, -0.15) is 0 Å². The number of hydrogen-bond donors (Lipinski definition) is 2. The highest BCUT2D eigenvalue weighted by Crippen LogP contribution is 2.40.